The number of hydrogen-bond acceptors (Lipinski definition) is 5. The van der Waals surface area contributed by atoms with Crippen molar-refractivity contribution in [2.45, 2.75) is 13.3 Å². The lowest BCUT2D eigenvalue weighted by Crippen LogP contribution is -2.34. The van der Waals surface area contributed by atoms with Crippen molar-refractivity contribution in [3.8, 4) is 11.5 Å². The molecule has 0 saturated heterocycles. The summed E-state index contributed by atoms with van der Waals surface area (Å²) in [5, 5.41) is 6.30. The number of nitrogens with zero attached hydrogens (tertiary/aromatic N) is 2. The van der Waals surface area contributed by atoms with Crippen molar-refractivity contribution in [1.29, 1.82) is 0 Å². The minimum absolute atomic E-state index is 0.0656. The first-order valence-corrected chi connectivity index (χ1v) is 11.4. The monoisotopic (exact) mass is 432 g/mol. The van der Waals surface area contributed by atoms with Gasteiger partial charge in [0.1, 0.15) is 0 Å². The lowest BCUT2D eigenvalue weighted by atomic mass is 10.2. The van der Waals surface area contributed by atoms with Crippen LogP contribution in [0, 0.1) is 0 Å². The Bertz CT molecular complexity index is 1010. The number of rotatable bonds is 8. The van der Waals surface area contributed by atoms with Crippen molar-refractivity contribution in [2.24, 2.45) is 4.99 Å². The second kappa shape index (κ2) is 9.71. The highest BCUT2D eigenvalue weighted by atomic mass is 32.2. The van der Waals surface area contributed by atoms with Crippen LogP contribution < -0.4 is 24.4 Å². The molecule has 0 spiro atoms. The average molecular weight is 433 g/mol. The van der Waals surface area contributed by atoms with E-state index >= 15 is 0 Å². The van der Waals surface area contributed by atoms with E-state index in [0.29, 0.717) is 30.5 Å². The third-order valence-corrected chi connectivity index (χ3v) is 6.54. The van der Waals surface area contributed by atoms with Crippen LogP contribution in [0.1, 0.15) is 12.5 Å². The molecule has 9 heteroatoms. The van der Waals surface area contributed by atoms with Crippen molar-refractivity contribution >= 4 is 27.4 Å². The number of para-hydroxylation sites is 1. The Morgan fingerprint density at radius 3 is 2.63 bits per heavy atom. The molecule has 30 heavy (non-hydrogen) atoms. The molecule has 0 unspecified atom stereocenters. The number of fused-ring (bicyclic) bond motifs is 1. The highest BCUT2D eigenvalue weighted by Gasteiger charge is 2.28. The topological polar surface area (TPSA) is 92.3 Å². The van der Waals surface area contributed by atoms with Crippen LogP contribution in [0.3, 0.4) is 0 Å². The van der Waals surface area contributed by atoms with Gasteiger partial charge in [-0.1, -0.05) is 18.2 Å². The van der Waals surface area contributed by atoms with E-state index < -0.39 is 10.0 Å². The molecule has 0 amide bonds. The fourth-order valence-corrected chi connectivity index (χ4v) is 4.73. The van der Waals surface area contributed by atoms with E-state index in [0.717, 1.165) is 23.4 Å². The summed E-state index contributed by atoms with van der Waals surface area (Å²) in [5.41, 5.74) is 2.59. The number of sulfonamides is 1. The normalized spacial score (nSPS) is 13.7. The summed E-state index contributed by atoms with van der Waals surface area (Å²) in [4.78, 5) is 4.44. The number of hydrogen-bond donors (Lipinski definition) is 2. The number of guanidine groups is 1. The smallest absolute Gasteiger partial charge is 0.237 e. The average Bonchev–Trinajstić information content (AvgIpc) is 3.19. The Morgan fingerprint density at radius 2 is 1.90 bits per heavy atom. The molecule has 0 atom stereocenters. The Kier molecular flexibility index (Phi) is 7.04. The van der Waals surface area contributed by atoms with E-state index in [9.17, 15) is 8.42 Å². The number of aliphatic imine (C=N–C) groups is 1. The SMILES string of the molecule is CCNC(=NCCS(=O)(=O)N1CCc2ccccc21)Nc1ccc(OC)c(OC)c1. The lowest BCUT2D eigenvalue weighted by Gasteiger charge is -2.19. The molecule has 0 bridgehead atoms. The maximum atomic E-state index is 12.8. The van der Waals surface area contributed by atoms with Crippen LogP contribution >= 0.6 is 0 Å². The summed E-state index contributed by atoms with van der Waals surface area (Å²) in [6, 6.07) is 13.0. The van der Waals surface area contributed by atoms with Gasteiger partial charge in [0.15, 0.2) is 17.5 Å². The van der Waals surface area contributed by atoms with Crippen LogP contribution in [0.25, 0.3) is 0 Å². The van der Waals surface area contributed by atoms with Crippen molar-refractivity contribution in [2.75, 3.05) is 49.2 Å². The third-order valence-electron chi connectivity index (χ3n) is 4.79. The molecular weight excluding hydrogens is 404 g/mol. The van der Waals surface area contributed by atoms with E-state index in [4.69, 9.17) is 9.47 Å². The van der Waals surface area contributed by atoms with Crippen molar-refractivity contribution < 1.29 is 17.9 Å². The molecule has 2 aromatic rings. The number of benzene rings is 2. The van der Waals surface area contributed by atoms with Gasteiger partial charge in [0.05, 0.1) is 32.2 Å². The molecule has 1 heterocycles. The molecule has 0 fully saturated rings. The molecular formula is C21H28N4O4S. The quantitative estimate of drug-likeness (QED) is 0.492. The molecule has 0 radical (unpaired) electrons. The summed E-state index contributed by atoms with van der Waals surface area (Å²) in [7, 11) is -0.292. The first-order chi connectivity index (χ1) is 14.5. The van der Waals surface area contributed by atoms with E-state index in [-0.39, 0.29) is 12.3 Å². The predicted molar refractivity (Wildman–Crippen MR) is 120 cm³/mol. The van der Waals surface area contributed by atoms with Crippen LogP contribution in [0.2, 0.25) is 0 Å². The van der Waals surface area contributed by atoms with E-state index in [1.165, 1.54) is 4.31 Å². The Balaban J connectivity index is 1.68. The van der Waals surface area contributed by atoms with Crippen molar-refractivity contribution in [3.63, 3.8) is 0 Å². The van der Waals surface area contributed by atoms with E-state index in [1.807, 2.05) is 37.3 Å². The number of anilines is 2. The maximum Gasteiger partial charge on any atom is 0.237 e. The largest absolute Gasteiger partial charge is 0.493 e. The first kappa shape index (κ1) is 21.8. The van der Waals surface area contributed by atoms with Gasteiger partial charge in [-0.25, -0.2) is 8.42 Å². The molecule has 0 saturated carbocycles. The Hall–Kier alpha value is -2.94. The van der Waals surface area contributed by atoms with Crippen LogP contribution in [0.5, 0.6) is 11.5 Å². The van der Waals surface area contributed by atoms with Gasteiger partial charge in [-0.3, -0.25) is 9.30 Å². The second-order valence-corrected chi connectivity index (χ2v) is 8.74. The fraction of sp³-hybridized carbons (Fsp3) is 0.381. The third kappa shape index (κ3) is 4.96. The van der Waals surface area contributed by atoms with Gasteiger partial charge in [0.25, 0.3) is 0 Å². The summed E-state index contributed by atoms with van der Waals surface area (Å²) >= 11 is 0. The molecule has 1 aliphatic heterocycles. The van der Waals surface area contributed by atoms with Crippen LogP contribution in [0.15, 0.2) is 47.5 Å². The van der Waals surface area contributed by atoms with Crippen LogP contribution in [0.4, 0.5) is 11.4 Å². The molecule has 2 N–H and O–H groups in total. The Labute approximate surface area is 178 Å². The highest BCUT2D eigenvalue weighted by molar-refractivity contribution is 7.92. The highest BCUT2D eigenvalue weighted by Crippen LogP contribution is 2.30. The van der Waals surface area contributed by atoms with Gasteiger partial charge in [0.2, 0.25) is 10.0 Å². The van der Waals surface area contributed by atoms with Gasteiger partial charge in [-0.2, -0.15) is 0 Å². The van der Waals surface area contributed by atoms with Gasteiger partial charge in [-0.15, -0.1) is 0 Å². The zero-order valence-corrected chi connectivity index (χ0v) is 18.3. The zero-order chi connectivity index (χ0) is 21.6. The minimum Gasteiger partial charge on any atom is -0.493 e. The maximum absolute atomic E-state index is 12.8. The summed E-state index contributed by atoms with van der Waals surface area (Å²) in [5.74, 6) is 1.65. The van der Waals surface area contributed by atoms with Gasteiger partial charge in [-0.05, 0) is 37.1 Å². The standard InChI is InChI=1S/C21H28N4O4S/c1-4-22-21(24-17-9-10-19(28-2)20(15-17)29-3)23-12-14-30(26,27)25-13-11-16-7-5-6-8-18(16)25/h5-10,15H,4,11-14H2,1-3H3,(H2,22,23,24). The van der Waals surface area contributed by atoms with Gasteiger partial charge >= 0.3 is 0 Å². The fourth-order valence-electron chi connectivity index (χ4n) is 3.34. The molecule has 0 aliphatic carbocycles. The van der Waals surface area contributed by atoms with Gasteiger partial charge < -0.3 is 20.1 Å². The van der Waals surface area contributed by atoms with E-state index in [1.54, 1.807) is 26.4 Å². The number of ether oxygens (including phenoxy) is 2. The molecule has 2 aromatic carbocycles. The summed E-state index contributed by atoms with van der Waals surface area (Å²) in [6.45, 7) is 3.22. The predicted octanol–water partition coefficient (Wildman–Crippen LogP) is 2.47. The van der Waals surface area contributed by atoms with Crippen molar-refractivity contribution in [1.82, 2.24) is 5.32 Å². The molecule has 8 nitrogen and oxygen atoms in total. The van der Waals surface area contributed by atoms with Gasteiger partial charge in [0, 0.05) is 24.8 Å². The second-order valence-electron chi connectivity index (χ2n) is 6.72. The van der Waals surface area contributed by atoms with Crippen LogP contribution in [-0.4, -0.2) is 54.0 Å². The Morgan fingerprint density at radius 1 is 1.13 bits per heavy atom. The first-order valence-electron chi connectivity index (χ1n) is 9.84. The summed E-state index contributed by atoms with van der Waals surface area (Å²) in [6.07, 6.45) is 0.738. The molecule has 1 aliphatic rings. The van der Waals surface area contributed by atoms with Crippen LogP contribution in [-0.2, 0) is 16.4 Å². The van der Waals surface area contributed by atoms with Crippen molar-refractivity contribution in [3.05, 3.63) is 48.0 Å². The molecule has 3 rings (SSSR count). The minimum atomic E-state index is -3.44. The van der Waals surface area contributed by atoms with E-state index in [2.05, 4.69) is 15.6 Å². The number of methoxy groups -OCH3 is 2. The summed E-state index contributed by atoms with van der Waals surface area (Å²) < 4.78 is 37.7. The number of nitrogens with one attached hydrogen (secondary N) is 2. The molecule has 0 aromatic heterocycles. The lowest BCUT2D eigenvalue weighted by molar-refractivity contribution is 0.355. The zero-order valence-electron chi connectivity index (χ0n) is 17.5. The molecule has 162 valence electrons.